The summed E-state index contributed by atoms with van der Waals surface area (Å²) in [5, 5.41) is 82.1. The summed E-state index contributed by atoms with van der Waals surface area (Å²) in [6.07, 6.45) is -16.4. The van der Waals surface area contributed by atoms with Crippen LogP contribution in [-0.2, 0) is 33.2 Å². The number of carbonyl (C=O) groups is 1. The normalized spacial score (nSPS) is 47.2. The molecule has 0 radical (unpaired) electrons. The maximum absolute atomic E-state index is 12.3. The lowest BCUT2D eigenvalue weighted by molar-refractivity contribution is -0.399. The molecule has 3 fully saturated rings. The number of carbonyl (C=O) groups excluding carboxylic acids is 1. The van der Waals surface area contributed by atoms with Gasteiger partial charge in [0.2, 0.25) is 0 Å². The first-order valence-electron chi connectivity index (χ1n) is 13.4. The summed E-state index contributed by atoms with van der Waals surface area (Å²) < 4.78 is 33.0. The fourth-order valence-corrected chi connectivity index (χ4v) is 4.87. The number of rotatable bonds is 11. The topological polar surface area (TPSA) is 312 Å². The van der Waals surface area contributed by atoms with E-state index in [-0.39, 0.29) is 6.42 Å². The van der Waals surface area contributed by atoms with Gasteiger partial charge in [-0.25, -0.2) is 0 Å². The molecular formula is C23H43N3O15. The van der Waals surface area contributed by atoms with Gasteiger partial charge in [-0.15, -0.1) is 0 Å². The molecule has 18 heteroatoms. The summed E-state index contributed by atoms with van der Waals surface area (Å²) in [6, 6.07) is -4.24. The third-order valence-corrected chi connectivity index (χ3v) is 7.44. The second kappa shape index (κ2) is 14.5. The number of nitrogens with two attached hydrogens (primary N) is 3. The van der Waals surface area contributed by atoms with E-state index in [1.54, 1.807) is 0 Å². The highest BCUT2D eigenvalue weighted by molar-refractivity contribution is 5.69. The maximum atomic E-state index is 12.3. The van der Waals surface area contributed by atoms with Crippen LogP contribution < -0.4 is 17.2 Å². The van der Waals surface area contributed by atoms with Gasteiger partial charge in [-0.3, -0.25) is 4.79 Å². The molecular weight excluding hydrogens is 558 g/mol. The van der Waals surface area contributed by atoms with Gasteiger partial charge in [0, 0.05) is 6.42 Å². The Labute approximate surface area is 235 Å². The van der Waals surface area contributed by atoms with E-state index in [0.717, 1.165) is 0 Å². The summed E-state index contributed by atoms with van der Waals surface area (Å²) in [6.45, 7) is -0.735. The molecule has 3 heterocycles. The zero-order valence-corrected chi connectivity index (χ0v) is 22.5. The van der Waals surface area contributed by atoms with Crippen LogP contribution in [0.2, 0.25) is 0 Å². The van der Waals surface area contributed by atoms with Crippen LogP contribution in [0.4, 0.5) is 0 Å². The lowest BCUT2D eigenvalue weighted by Gasteiger charge is -2.50. The van der Waals surface area contributed by atoms with E-state index in [4.69, 9.17) is 45.6 Å². The Morgan fingerprint density at radius 2 is 1.34 bits per heavy atom. The van der Waals surface area contributed by atoms with Crippen LogP contribution in [0.3, 0.4) is 0 Å². The van der Waals surface area contributed by atoms with Crippen molar-refractivity contribution in [2.45, 2.75) is 118 Å². The average molecular weight is 602 g/mol. The number of unbranched alkanes of at least 4 members (excludes halogenated alkanes) is 1. The third-order valence-electron chi connectivity index (χ3n) is 7.44. The molecule has 2 unspecified atom stereocenters. The molecule has 41 heavy (non-hydrogen) atoms. The molecule has 15 atom stereocenters. The molecule has 3 aliphatic rings. The van der Waals surface area contributed by atoms with Crippen molar-refractivity contribution < 1.29 is 74.1 Å². The van der Waals surface area contributed by atoms with Crippen molar-refractivity contribution in [3.8, 4) is 0 Å². The van der Waals surface area contributed by atoms with Crippen molar-refractivity contribution in [3.63, 3.8) is 0 Å². The SMILES string of the molecule is CCCCC(=O)O[C@@]1(CO)O[C@H](OC2[C@@H](CO)O[C@@H](OC3[C@@H](CO)O[C@@H](O)[C@H](N)[C@H]3O)[C@H](N)[C@H]2O)[C@H](N)[C@@H](O)[C@@H]1O. The Bertz CT molecular complexity index is 842. The fourth-order valence-electron chi connectivity index (χ4n) is 4.87. The molecule has 14 N–H and O–H groups in total. The Morgan fingerprint density at radius 3 is 1.90 bits per heavy atom. The summed E-state index contributed by atoms with van der Waals surface area (Å²) >= 11 is 0. The number of aliphatic hydroxyl groups is 8. The molecule has 0 aromatic rings. The standard InChI is InChI=1S/C23H43N3O15/c1-2-3-4-10(30)40-23(7-29)19(34)16(33)13(26)22(41-23)39-18-9(6-28)37-21(12(25)15(18)32)38-17-8(5-27)36-20(35)11(24)14(17)31/h8-9,11-22,27-29,31-35H,2-7,24-26H2,1H3/t8-,9-,11-,12-,13-,14-,15-,16-,17?,18?,19+,20-,21+,22+,23+/m1/s1. The van der Waals surface area contributed by atoms with Gasteiger partial charge in [0.05, 0.1) is 31.3 Å². The molecule has 0 bridgehead atoms. The highest BCUT2D eigenvalue weighted by Crippen LogP contribution is 2.35. The predicted molar refractivity (Wildman–Crippen MR) is 132 cm³/mol. The number of esters is 1. The van der Waals surface area contributed by atoms with E-state index in [0.29, 0.717) is 12.8 Å². The zero-order chi connectivity index (χ0) is 30.6. The van der Waals surface area contributed by atoms with Crippen LogP contribution in [0.15, 0.2) is 0 Å². The molecule has 0 spiro atoms. The largest absolute Gasteiger partial charge is 0.427 e. The van der Waals surface area contributed by atoms with Crippen molar-refractivity contribution in [1.29, 1.82) is 0 Å². The lowest BCUT2D eigenvalue weighted by atomic mass is 9.93. The quantitative estimate of drug-likeness (QED) is 0.0980. The molecule has 0 aromatic heterocycles. The predicted octanol–water partition coefficient (Wildman–Crippen LogP) is -6.61. The van der Waals surface area contributed by atoms with Crippen molar-refractivity contribution in [1.82, 2.24) is 0 Å². The van der Waals surface area contributed by atoms with Gasteiger partial charge in [-0.2, -0.15) is 0 Å². The van der Waals surface area contributed by atoms with Crippen molar-refractivity contribution in [3.05, 3.63) is 0 Å². The van der Waals surface area contributed by atoms with Gasteiger partial charge < -0.3 is 86.5 Å². The molecule has 3 rings (SSSR count). The van der Waals surface area contributed by atoms with E-state index >= 15 is 0 Å². The summed E-state index contributed by atoms with van der Waals surface area (Å²) in [7, 11) is 0. The van der Waals surface area contributed by atoms with Gasteiger partial charge in [0.15, 0.2) is 18.9 Å². The molecule has 0 saturated carbocycles. The van der Waals surface area contributed by atoms with E-state index in [1.165, 1.54) is 0 Å². The molecule has 18 nitrogen and oxygen atoms in total. The first kappa shape index (κ1) is 34.3. The first-order valence-corrected chi connectivity index (χ1v) is 13.4. The molecule has 0 aromatic carbocycles. The van der Waals surface area contributed by atoms with Crippen molar-refractivity contribution in [2.24, 2.45) is 17.2 Å². The highest BCUT2D eigenvalue weighted by atomic mass is 16.8. The zero-order valence-electron chi connectivity index (χ0n) is 22.5. The second-order valence-corrected chi connectivity index (χ2v) is 10.4. The van der Waals surface area contributed by atoms with Crippen molar-refractivity contribution >= 4 is 5.97 Å². The second-order valence-electron chi connectivity index (χ2n) is 10.4. The van der Waals surface area contributed by atoms with Crippen LogP contribution >= 0.6 is 0 Å². The lowest BCUT2D eigenvalue weighted by Crippen LogP contribution is -2.72. The van der Waals surface area contributed by atoms with Gasteiger partial charge in [0.1, 0.15) is 55.4 Å². The Balaban J connectivity index is 1.77. The number of aliphatic hydroxyl groups excluding tert-OH is 8. The minimum atomic E-state index is -2.46. The Hall–Kier alpha value is -1.17. The third kappa shape index (κ3) is 7.15. The highest BCUT2D eigenvalue weighted by Gasteiger charge is 2.58. The van der Waals surface area contributed by atoms with E-state index in [1.807, 2.05) is 6.92 Å². The summed E-state index contributed by atoms with van der Waals surface area (Å²) in [5.74, 6) is -3.30. The first-order chi connectivity index (χ1) is 19.3. The maximum Gasteiger partial charge on any atom is 0.308 e. The molecule has 0 aliphatic carbocycles. The van der Waals surface area contributed by atoms with Crippen LogP contribution in [-0.4, -0.2) is 158 Å². The van der Waals surface area contributed by atoms with Crippen LogP contribution in [0, 0.1) is 0 Å². The van der Waals surface area contributed by atoms with Crippen LogP contribution in [0.1, 0.15) is 26.2 Å². The molecule has 3 saturated heterocycles. The minimum absolute atomic E-state index is 0.0677. The molecule has 3 aliphatic heterocycles. The summed E-state index contributed by atoms with van der Waals surface area (Å²) in [5.41, 5.74) is 17.8. The van der Waals surface area contributed by atoms with Crippen LogP contribution in [0.5, 0.6) is 0 Å². The smallest absolute Gasteiger partial charge is 0.308 e. The number of hydrogen-bond acceptors (Lipinski definition) is 18. The van der Waals surface area contributed by atoms with Gasteiger partial charge >= 0.3 is 5.97 Å². The number of ether oxygens (including phenoxy) is 6. The molecule has 240 valence electrons. The van der Waals surface area contributed by atoms with Crippen LogP contribution in [0.25, 0.3) is 0 Å². The average Bonchev–Trinajstić information content (AvgIpc) is 2.96. The van der Waals surface area contributed by atoms with E-state index in [9.17, 15) is 45.6 Å². The van der Waals surface area contributed by atoms with E-state index in [2.05, 4.69) is 0 Å². The molecule has 0 amide bonds. The minimum Gasteiger partial charge on any atom is -0.427 e. The Morgan fingerprint density at radius 1 is 0.805 bits per heavy atom. The van der Waals surface area contributed by atoms with Crippen molar-refractivity contribution in [2.75, 3.05) is 19.8 Å². The monoisotopic (exact) mass is 601 g/mol. The van der Waals surface area contributed by atoms with E-state index < -0.39 is 117 Å². The number of hydrogen-bond donors (Lipinski definition) is 11. The summed E-state index contributed by atoms with van der Waals surface area (Å²) in [4.78, 5) is 12.3. The van der Waals surface area contributed by atoms with Gasteiger partial charge in [-0.05, 0) is 6.42 Å². The Kier molecular flexibility index (Phi) is 12.2. The fraction of sp³-hybridized carbons (Fsp3) is 0.957. The van der Waals surface area contributed by atoms with Gasteiger partial charge in [0.25, 0.3) is 5.79 Å². The van der Waals surface area contributed by atoms with Gasteiger partial charge in [-0.1, -0.05) is 13.3 Å².